The number of carboxylic acids is 1. The highest BCUT2D eigenvalue weighted by Gasteiger charge is 2.46. The number of benzene rings is 1. The number of hydrogen-bond acceptors (Lipinski definition) is 2. The highest BCUT2D eigenvalue weighted by molar-refractivity contribution is 5.87. The van der Waals surface area contributed by atoms with Gasteiger partial charge in [0.2, 0.25) is 5.91 Å². The van der Waals surface area contributed by atoms with Crippen LogP contribution in [0.15, 0.2) is 18.2 Å². The first-order valence-corrected chi connectivity index (χ1v) is 6.42. The van der Waals surface area contributed by atoms with Gasteiger partial charge in [0, 0.05) is 5.92 Å². The molecule has 4 nitrogen and oxygen atoms in total. The van der Waals surface area contributed by atoms with Crippen LogP contribution in [-0.2, 0) is 9.59 Å². The first-order valence-electron chi connectivity index (χ1n) is 6.42. The monoisotopic (exact) mass is 283 g/mol. The molecule has 1 saturated carbocycles. The summed E-state index contributed by atoms with van der Waals surface area (Å²) in [6, 6.07) is 2.92. The predicted octanol–water partition coefficient (Wildman–Crippen LogP) is 2.05. The van der Waals surface area contributed by atoms with Crippen molar-refractivity contribution in [3.63, 3.8) is 0 Å². The van der Waals surface area contributed by atoms with Gasteiger partial charge < -0.3 is 10.4 Å². The van der Waals surface area contributed by atoms with Crippen LogP contribution in [0.1, 0.15) is 31.2 Å². The van der Waals surface area contributed by atoms with Gasteiger partial charge in [-0.1, -0.05) is 19.1 Å². The van der Waals surface area contributed by atoms with Crippen LogP contribution in [0.4, 0.5) is 8.78 Å². The maximum atomic E-state index is 13.6. The third kappa shape index (κ3) is 2.79. The molecule has 2 rings (SSSR count). The van der Waals surface area contributed by atoms with Gasteiger partial charge in [0.15, 0.2) is 11.6 Å². The number of amides is 1. The first-order chi connectivity index (χ1) is 9.45. The Kier molecular flexibility index (Phi) is 4.01. The van der Waals surface area contributed by atoms with E-state index in [1.165, 1.54) is 12.1 Å². The van der Waals surface area contributed by atoms with E-state index >= 15 is 0 Å². The van der Waals surface area contributed by atoms with Crippen LogP contribution in [0.25, 0.3) is 0 Å². The van der Waals surface area contributed by atoms with Crippen LogP contribution >= 0.6 is 0 Å². The summed E-state index contributed by atoms with van der Waals surface area (Å²) in [6.45, 7) is 1.65. The molecule has 0 radical (unpaired) electrons. The molecule has 0 bridgehead atoms. The van der Waals surface area contributed by atoms with E-state index in [2.05, 4.69) is 5.32 Å². The topological polar surface area (TPSA) is 66.4 Å². The van der Waals surface area contributed by atoms with Crippen molar-refractivity contribution in [2.24, 2.45) is 5.92 Å². The molecule has 0 spiro atoms. The highest BCUT2D eigenvalue weighted by atomic mass is 19.2. The van der Waals surface area contributed by atoms with Crippen molar-refractivity contribution < 1.29 is 23.5 Å². The molecule has 108 valence electrons. The lowest BCUT2D eigenvalue weighted by Gasteiger charge is -2.12. The Balaban J connectivity index is 2.02. The fraction of sp³-hybridized carbons (Fsp3) is 0.429. The number of aliphatic carboxylic acids is 1. The van der Waals surface area contributed by atoms with E-state index in [9.17, 15) is 18.4 Å². The lowest BCUT2D eigenvalue weighted by molar-refractivity contribution is -0.142. The van der Waals surface area contributed by atoms with Crippen molar-refractivity contribution in [3.8, 4) is 0 Å². The number of carbonyl (C=O) groups is 2. The quantitative estimate of drug-likeness (QED) is 0.869. The number of hydrogen-bond donors (Lipinski definition) is 2. The summed E-state index contributed by atoms with van der Waals surface area (Å²) in [5.74, 6) is -4.26. The molecule has 1 amide bonds. The van der Waals surface area contributed by atoms with Crippen molar-refractivity contribution in [1.29, 1.82) is 0 Å². The van der Waals surface area contributed by atoms with E-state index in [4.69, 9.17) is 5.11 Å². The number of nitrogens with one attached hydrogen (secondary N) is 1. The Morgan fingerprint density at radius 2 is 2.15 bits per heavy atom. The molecule has 1 aliphatic rings. The van der Waals surface area contributed by atoms with E-state index in [1.54, 1.807) is 6.92 Å². The molecule has 0 saturated heterocycles. The molecule has 0 aliphatic heterocycles. The smallest absolute Gasteiger partial charge is 0.326 e. The molecule has 1 aromatic rings. The Hall–Kier alpha value is -1.98. The van der Waals surface area contributed by atoms with Gasteiger partial charge in [-0.25, -0.2) is 13.6 Å². The standard InChI is InChI=1S/C14H15F2NO3/c1-2-11(14(19)20)17-13(18)9-6-8(9)7-4-3-5-10(15)12(7)16/h3-5,8-9,11H,2,6H2,1H3,(H,17,18)(H,19,20). The van der Waals surface area contributed by atoms with E-state index in [1.807, 2.05) is 0 Å². The summed E-state index contributed by atoms with van der Waals surface area (Å²) < 4.78 is 26.7. The van der Waals surface area contributed by atoms with E-state index in [-0.39, 0.29) is 17.9 Å². The Morgan fingerprint density at radius 3 is 2.75 bits per heavy atom. The van der Waals surface area contributed by atoms with Crippen LogP contribution in [0, 0.1) is 17.6 Å². The third-order valence-corrected chi connectivity index (χ3v) is 3.53. The lowest BCUT2D eigenvalue weighted by Crippen LogP contribution is -2.41. The minimum absolute atomic E-state index is 0.175. The number of carboxylic acid groups (broad SMARTS) is 1. The Labute approximate surface area is 114 Å². The zero-order valence-corrected chi connectivity index (χ0v) is 10.9. The maximum absolute atomic E-state index is 13.6. The second kappa shape index (κ2) is 5.56. The number of carbonyl (C=O) groups excluding carboxylic acids is 1. The fourth-order valence-corrected chi connectivity index (χ4v) is 2.25. The van der Waals surface area contributed by atoms with Gasteiger partial charge in [0.1, 0.15) is 6.04 Å². The SMILES string of the molecule is CCC(NC(=O)C1CC1c1cccc(F)c1F)C(=O)O. The van der Waals surface area contributed by atoms with Crippen LogP contribution in [0.3, 0.4) is 0 Å². The maximum Gasteiger partial charge on any atom is 0.326 e. The van der Waals surface area contributed by atoms with Crippen LogP contribution in [-0.4, -0.2) is 23.0 Å². The Morgan fingerprint density at radius 1 is 1.45 bits per heavy atom. The fourth-order valence-electron chi connectivity index (χ4n) is 2.25. The summed E-state index contributed by atoms with van der Waals surface area (Å²) in [5.41, 5.74) is 0.175. The average molecular weight is 283 g/mol. The molecule has 6 heteroatoms. The molecular weight excluding hydrogens is 268 g/mol. The molecule has 0 heterocycles. The summed E-state index contributed by atoms with van der Waals surface area (Å²) in [4.78, 5) is 22.7. The van der Waals surface area contributed by atoms with Crippen LogP contribution in [0.2, 0.25) is 0 Å². The molecular formula is C14H15F2NO3. The van der Waals surface area contributed by atoms with Crippen molar-refractivity contribution in [2.45, 2.75) is 31.7 Å². The van der Waals surface area contributed by atoms with Crippen molar-refractivity contribution in [1.82, 2.24) is 5.32 Å². The minimum atomic E-state index is -1.10. The third-order valence-electron chi connectivity index (χ3n) is 3.53. The van der Waals surface area contributed by atoms with Gasteiger partial charge in [-0.2, -0.15) is 0 Å². The normalized spacial score (nSPS) is 22.1. The van der Waals surface area contributed by atoms with Crippen molar-refractivity contribution in [2.75, 3.05) is 0 Å². The van der Waals surface area contributed by atoms with Gasteiger partial charge in [-0.05, 0) is 30.4 Å². The second-order valence-corrected chi connectivity index (χ2v) is 4.90. The molecule has 20 heavy (non-hydrogen) atoms. The molecule has 3 unspecified atom stereocenters. The minimum Gasteiger partial charge on any atom is -0.480 e. The summed E-state index contributed by atoms with van der Waals surface area (Å²) >= 11 is 0. The molecule has 1 aliphatic carbocycles. The highest BCUT2D eigenvalue weighted by Crippen LogP contribution is 2.48. The zero-order chi connectivity index (χ0) is 14.9. The van der Waals surface area contributed by atoms with Gasteiger partial charge >= 0.3 is 5.97 Å². The van der Waals surface area contributed by atoms with Gasteiger partial charge in [-0.3, -0.25) is 4.79 Å². The zero-order valence-electron chi connectivity index (χ0n) is 10.9. The lowest BCUT2D eigenvalue weighted by atomic mass is 10.1. The second-order valence-electron chi connectivity index (χ2n) is 4.90. The Bertz CT molecular complexity index is 547. The molecule has 3 atom stereocenters. The van der Waals surface area contributed by atoms with Crippen LogP contribution < -0.4 is 5.32 Å². The summed E-state index contributed by atoms with van der Waals surface area (Å²) in [7, 11) is 0. The van der Waals surface area contributed by atoms with E-state index < -0.39 is 35.5 Å². The van der Waals surface area contributed by atoms with Gasteiger partial charge in [-0.15, -0.1) is 0 Å². The van der Waals surface area contributed by atoms with E-state index in [0.717, 1.165) is 6.07 Å². The largest absolute Gasteiger partial charge is 0.480 e. The molecule has 1 aromatic carbocycles. The first kappa shape index (κ1) is 14.4. The molecule has 1 fully saturated rings. The van der Waals surface area contributed by atoms with Crippen LogP contribution in [0.5, 0.6) is 0 Å². The molecule has 2 N–H and O–H groups in total. The van der Waals surface area contributed by atoms with Crippen molar-refractivity contribution >= 4 is 11.9 Å². The van der Waals surface area contributed by atoms with Gasteiger partial charge in [0.25, 0.3) is 0 Å². The molecule has 0 aromatic heterocycles. The number of halogens is 2. The van der Waals surface area contributed by atoms with Crippen molar-refractivity contribution in [3.05, 3.63) is 35.4 Å². The predicted molar refractivity (Wildman–Crippen MR) is 67.1 cm³/mol. The summed E-state index contributed by atoms with van der Waals surface area (Å²) in [5, 5.41) is 11.3. The summed E-state index contributed by atoms with van der Waals surface area (Å²) in [6.07, 6.45) is 0.676. The average Bonchev–Trinajstić information content (AvgIpc) is 3.18. The van der Waals surface area contributed by atoms with Gasteiger partial charge in [0.05, 0.1) is 0 Å². The number of rotatable bonds is 5. The van der Waals surface area contributed by atoms with E-state index in [0.29, 0.717) is 6.42 Å².